The molecule has 0 spiro atoms. The summed E-state index contributed by atoms with van der Waals surface area (Å²) >= 11 is 0. The molecular weight excluding hydrogens is 346 g/mol. The van der Waals surface area contributed by atoms with E-state index in [4.69, 9.17) is 4.74 Å². The van der Waals surface area contributed by atoms with Crippen molar-refractivity contribution in [1.82, 2.24) is 0 Å². The van der Waals surface area contributed by atoms with E-state index in [1.807, 2.05) is 73.7 Å². The van der Waals surface area contributed by atoms with E-state index in [1.165, 1.54) is 5.56 Å². The van der Waals surface area contributed by atoms with Gasteiger partial charge in [-0.3, -0.25) is 4.79 Å². The fourth-order valence-corrected chi connectivity index (χ4v) is 3.08. The highest BCUT2D eigenvalue weighted by Crippen LogP contribution is 2.30. The molecule has 144 valence electrons. The van der Waals surface area contributed by atoms with Crippen LogP contribution in [0.2, 0.25) is 0 Å². The van der Waals surface area contributed by atoms with E-state index in [0.29, 0.717) is 17.4 Å². The first-order valence-corrected chi connectivity index (χ1v) is 9.74. The van der Waals surface area contributed by atoms with Gasteiger partial charge < -0.3 is 10.1 Å². The Balaban J connectivity index is 1.70. The van der Waals surface area contributed by atoms with E-state index in [9.17, 15) is 4.79 Å². The Hall–Kier alpha value is -3.07. The van der Waals surface area contributed by atoms with Crippen molar-refractivity contribution in [1.29, 1.82) is 0 Å². The van der Waals surface area contributed by atoms with Gasteiger partial charge >= 0.3 is 0 Å². The average Bonchev–Trinajstić information content (AvgIpc) is 2.70. The van der Waals surface area contributed by atoms with E-state index in [-0.39, 0.29) is 11.8 Å². The lowest BCUT2D eigenvalue weighted by atomic mass is 9.96. The number of nitrogens with one attached hydrogen (secondary N) is 1. The Labute approximate surface area is 167 Å². The van der Waals surface area contributed by atoms with Crippen molar-refractivity contribution >= 4 is 11.6 Å². The highest BCUT2D eigenvalue weighted by atomic mass is 16.5. The van der Waals surface area contributed by atoms with Crippen LogP contribution in [0.5, 0.6) is 11.5 Å². The second-order valence-electron chi connectivity index (χ2n) is 7.46. The van der Waals surface area contributed by atoms with Crippen molar-refractivity contribution < 1.29 is 9.53 Å². The number of anilines is 1. The second kappa shape index (κ2) is 9.23. The molecule has 0 aliphatic rings. The molecule has 3 heteroatoms. The Morgan fingerprint density at radius 2 is 1.50 bits per heavy atom. The standard InChI is InChI=1S/C25H27NO2/c1-18(2)17-20-13-15-21(16-14-20)19(3)25(27)26-23-11-7-8-12-24(23)28-22-9-5-4-6-10-22/h4-16,18-19H,17H2,1-3H3,(H,26,27)/t19-/m0/s1. The van der Waals surface area contributed by atoms with Gasteiger partial charge in [0.2, 0.25) is 5.91 Å². The largest absolute Gasteiger partial charge is 0.455 e. The summed E-state index contributed by atoms with van der Waals surface area (Å²) in [6.45, 7) is 6.34. The third-order valence-electron chi connectivity index (χ3n) is 4.63. The molecule has 0 heterocycles. The third-order valence-corrected chi connectivity index (χ3v) is 4.63. The maximum atomic E-state index is 12.8. The molecular formula is C25H27NO2. The normalized spacial score (nSPS) is 11.9. The number of para-hydroxylation sites is 3. The van der Waals surface area contributed by atoms with Crippen molar-refractivity contribution in [2.24, 2.45) is 5.92 Å². The van der Waals surface area contributed by atoms with Gasteiger partial charge in [0.25, 0.3) is 0 Å². The molecule has 3 nitrogen and oxygen atoms in total. The zero-order chi connectivity index (χ0) is 19.9. The molecule has 3 aromatic carbocycles. The van der Waals surface area contributed by atoms with Crippen LogP contribution < -0.4 is 10.1 Å². The summed E-state index contributed by atoms with van der Waals surface area (Å²) in [5.41, 5.74) is 2.97. The molecule has 0 radical (unpaired) electrons. The van der Waals surface area contributed by atoms with Gasteiger partial charge in [0.1, 0.15) is 5.75 Å². The lowest BCUT2D eigenvalue weighted by Gasteiger charge is -2.16. The summed E-state index contributed by atoms with van der Waals surface area (Å²) in [6.07, 6.45) is 1.05. The summed E-state index contributed by atoms with van der Waals surface area (Å²) in [7, 11) is 0. The Bertz CT molecular complexity index is 901. The SMILES string of the molecule is CC(C)Cc1ccc([C@H](C)C(=O)Nc2ccccc2Oc2ccccc2)cc1. The molecule has 0 bridgehead atoms. The molecule has 0 aromatic heterocycles. The first kappa shape index (κ1) is 19.7. The monoisotopic (exact) mass is 373 g/mol. The maximum absolute atomic E-state index is 12.8. The first-order valence-electron chi connectivity index (χ1n) is 9.74. The molecule has 0 unspecified atom stereocenters. The zero-order valence-electron chi connectivity index (χ0n) is 16.7. The minimum atomic E-state index is -0.252. The molecule has 0 fully saturated rings. The number of amides is 1. The maximum Gasteiger partial charge on any atom is 0.231 e. The Morgan fingerprint density at radius 1 is 0.857 bits per heavy atom. The number of hydrogen-bond donors (Lipinski definition) is 1. The van der Waals surface area contributed by atoms with Crippen molar-refractivity contribution in [3.63, 3.8) is 0 Å². The van der Waals surface area contributed by atoms with Crippen molar-refractivity contribution in [2.45, 2.75) is 33.1 Å². The number of ether oxygens (including phenoxy) is 1. The van der Waals surface area contributed by atoms with E-state index >= 15 is 0 Å². The molecule has 1 atom stereocenters. The molecule has 1 N–H and O–H groups in total. The predicted molar refractivity (Wildman–Crippen MR) is 115 cm³/mol. The molecule has 3 aromatic rings. The van der Waals surface area contributed by atoms with Crippen LogP contribution in [-0.2, 0) is 11.2 Å². The number of carbonyl (C=O) groups is 1. The number of carbonyl (C=O) groups excluding carboxylic acids is 1. The quantitative estimate of drug-likeness (QED) is 0.519. The van der Waals surface area contributed by atoms with E-state index in [2.05, 4.69) is 31.3 Å². The molecule has 0 aliphatic carbocycles. The fraction of sp³-hybridized carbons (Fsp3) is 0.240. The summed E-state index contributed by atoms with van der Waals surface area (Å²) < 4.78 is 5.93. The van der Waals surface area contributed by atoms with Gasteiger partial charge in [-0.2, -0.15) is 0 Å². The van der Waals surface area contributed by atoms with E-state index < -0.39 is 0 Å². The van der Waals surface area contributed by atoms with Gasteiger partial charge in [-0.15, -0.1) is 0 Å². The molecule has 28 heavy (non-hydrogen) atoms. The minimum absolute atomic E-state index is 0.0549. The molecule has 0 saturated carbocycles. The van der Waals surface area contributed by atoms with Gasteiger partial charge in [-0.05, 0) is 54.7 Å². The highest BCUT2D eigenvalue weighted by molar-refractivity contribution is 5.96. The molecule has 1 amide bonds. The molecule has 0 aliphatic heterocycles. The fourth-order valence-electron chi connectivity index (χ4n) is 3.08. The summed E-state index contributed by atoms with van der Waals surface area (Å²) in [5.74, 6) is 1.67. The lowest BCUT2D eigenvalue weighted by Crippen LogP contribution is -2.19. The first-order chi connectivity index (χ1) is 13.5. The van der Waals surface area contributed by atoms with Crippen LogP contribution in [0.15, 0.2) is 78.9 Å². The predicted octanol–water partition coefficient (Wildman–Crippen LogP) is 6.42. The average molecular weight is 373 g/mol. The number of rotatable bonds is 7. The van der Waals surface area contributed by atoms with E-state index in [0.717, 1.165) is 17.7 Å². The van der Waals surface area contributed by atoms with Crippen LogP contribution in [0.25, 0.3) is 0 Å². The highest BCUT2D eigenvalue weighted by Gasteiger charge is 2.17. The van der Waals surface area contributed by atoms with Gasteiger partial charge in [0.15, 0.2) is 5.75 Å². The minimum Gasteiger partial charge on any atom is -0.455 e. The van der Waals surface area contributed by atoms with Gasteiger partial charge in [0, 0.05) is 0 Å². The summed E-state index contributed by atoms with van der Waals surface area (Å²) in [5, 5.41) is 3.01. The summed E-state index contributed by atoms with van der Waals surface area (Å²) in [6, 6.07) is 25.4. The van der Waals surface area contributed by atoms with Crippen LogP contribution in [-0.4, -0.2) is 5.91 Å². The van der Waals surface area contributed by atoms with Crippen LogP contribution in [0, 0.1) is 5.92 Å². The Morgan fingerprint density at radius 3 is 2.18 bits per heavy atom. The smallest absolute Gasteiger partial charge is 0.231 e. The van der Waals surface area contributed by atoms with E-state index in [1.54, 1.807) is 0 Å². The van der Waals surface area contributed by atoms with Crippen LogP contribution in [0.3, 0.4) is 0 Å². The van der Waals surface area contributed by atoms with Crippen molar-refractivity contribution in [3.05, 3.63) is 90.0 Å². The van der Waals surface area contributed by atoms with Crippen molar-refractivity contribution in [3.8, 4) is 11.5 Å². The topological polar surface area (TPSA) is 38.3 Å². The second-order valence-corrected chi connectivity index (χ2v) is 7.46. The zero-order valence-corrected chi connectivity index (χ0v) is 16.7. The number of hydrogen-bond acceptors (Lipinski definition) is 2. The lowest BCUT2D eigenvalue weighted by molar-refractivity contribution is -0.117. The third kappa shape index (κ3) is 5.23. The van der Waals surface area contributed by atoms with Crippen LogP contribution in [0.4, 0.5) is 5.69 Å². The van der Waals surface area contributed by atoms with Crippen LogP contribution in [0.1, 0.15) is 37.8 Å². The number of benzene rings is 3. The van der Waals surface area contributed by atoms with Gasteiger partial charge in [-0.1, -0.05) is 68.4 Å². The molecule has 3 rings (SSSR count). The Kier molecular flexibility index (Phi) is 6.49. The molecule has 0 saturated heterocycles. The van der Waals surface area contributed by atoms with Crippen LogP contribution >= 0.6 is 0 Å². The van der Waals surface area contributed by atoms with Gasteiger partial charge in [0.05, 0.1) is 11.6 Å². The van der Waals surface area contributed by atoms with Crippen molar-refractivity contribution in [2.75, 3.05) is 5.32 Å². The summed E-state index contributed by atoms with van der Waals surface area (Å²) in [4.78, 5) is 12.8. The van der Waals surface area contributed by atoms with Gasteiger partial charge in [-0.25, -0.2) is 0 Å².